The van der Waals surface area contributed by atoms with Crippen molar-refractivity contribution in [1.82, 2.24) is 9.66 Å². The molecule has 5 rings (SSSR count). The van der Waals surface area contributed by atoms with E-state index < -0.39 is 5.97 Å². The summed E-state index contributed by atoms with van der Waals surface area (Å²) in [6.45, 7) is 6.20. The van der Waals surface area contributed by atoms with E-state index in [0.717, 1.165) is 22.4 Å². The summed E-state index contributed by atoms with van der Waals surface area (Å²) in [7, 11) is 3.17. The topological polar surface area (TPSA) is 112 Å². The Kier molecular flexibility index (Phi) is 8.76. The zero-order valence-electron chi connectivity index (χ0n) is 25.2. The van der Waals surface area contributed by atoms with Gasteiger partial charge in [-0.15, -0.1) is 0 Å². The quantitative estimate of drug-likeness (QED) is 0.181. The number of aryl methyl sites for hydroxylation is 1. The summed E-state index contributed by atoms with van der Waals surface area (Å²) in [5, 5.41) is 14.5. The smallest absolute Gasteiger partial charge is 0.335 e. The summed E-state index contributed by atoms with van der Waals surface area (Å²) in [6, 6.07) is 23.0. The molecule has 9 nitrogen and oxygen atoms in total. The van der Waals surface area contributed by atoms with Crippen molar-refractivity contribution in [3.63, 3.8) is 0 Å². The number of hydrogen-bond acceptors (Lipinski definition) is 7. The number of carboxylic acid groups (broad SMARTS) is 1. The first-order valence-electron chi connectivity index (χ1n) is 14.1. The highest BCUT2D eigenvalue weighted by Gasteiger charge is 2.19. The van der Waals surface area contributed by atoms with Gasteiger partial charge in [-0.3, -0.25) is 4.79 Å². The Morgan fingerprint density at radius 2 is 1.73 bits per heavy atom. The first-order valence-corrected chi connectivity index (χ1v) is 14.1. The SMILES string of the molecule is COc1cc(C)c(-c2nc3ccccc3c(=O)n2N=Cc2cccc(OC)c2OCc2cccc(C(=O)O)c2)cc1C(C)C. The zero-order chi connectivity index (χ0) is 31.4. The molecule has 0 spiro atoms. The van der Waals surface area contributed by atoms with E-state index in [0.29, 0.717) is 39.4 Å². The van der Waals surface area contributed by atoms with E-state index in [4.69, 9.17) is 19.2 Å². The van der Waals surface area contributed by atoms with E-state index in [-0.39, 0.29) is 23.6 Å². The Morgan fingerprint density at radius 3 is 2.45 bits per heavy atom. The summed E-state index contributed by atoms with van der Waals surface area (Å²) < 4.78 is 18.7. The third kappa shape index (κ3) is 6.03. The summed E-state index contributed by atoms with van der Waals surface area (Å²) >= 11 is 0. The maximum absolute atomic E-state index is 13.9. The van der Waals surface area contributed by atoms with Gasteiger partial charge in [-0.05, 0) is 78.1 Å². The van der Waals surface area contributed by atoms with E-state index in [1.54, 1.807) is 55.6 Å². The highest BCUT2D eigenvalue weighted by Crippen LogP contribution is 2.34. The molecule has 0 fully saturated rings. The van der Waals surface area contributed by atoms with Crippen LogP contribution in [0.1, 0.15) is 52.4 Å². The van der Waals surface area contributed by atoms with Gasteiger partial charge >= 0.3 is 5.97 Å². The molecule has 0 atom stereocenters. The number of aromatic carboxylic acids is 1. The van der Waals surface area contributed by atoms with Crippen molar-refractivity contribution in [2.24, 2.45) is 5.10 Å². The summed E-state index contributed by atoms with van der Waals surface area (Å²) in [5.41, 5.74) is 4.26. The summed E-state index contributed by atoms with van der Waals surface area (Å²) in [6.07, 6.45) is 1.54. The third-order valence-electron chi connectivity index (χ3n) is 7.29. The van der Waals surface area contributed by atoms with Gasteiger partial charge in [-0.2, -0.15) is 9.78 Å². The van der Waals surface area contributed by atoms with Gasteiger partial charge in [0.25, 0.3) is 5.56 Å². The highest BCUT2D eigenvalue weighted by atomic mass is 16.5. The van der Waals surface area contributed by atoms with Gasteiger partial charge < -0.3 is 19.3 Å². The number of hydrogen-bond donors (Lipinski definition) is 1. The van der Waals surface area contributed by atoms with Crippen molar-refractivity contribution in [2.45, 2.75) is 33.3 Å². The minimum absolute atomic E-state index is 0.0914. The van der Waals surface area contributed by atoms with Crippen LogP contribution in [-0.4, -0.2) is 41.2 Å². The van der Waals surface area contributed by atoms with Crippen LogP contribution in [0.25, 0.3) is 22.3 Å². The van der Waals surface area contributed by atoms with Gasteiger partial charge in [-0.1, -0.05) is 44.2 Å². The zero-order valence-corrected chi connectivity index (χ0v) is 25.2. The number of nitrogens with zero attached hydrogens (tertiary/aromatic N) is 3. The van der Waals surface area contributed by atoms with Gasteiger partial charge in [0.2, 0.25) is 0 Å². The lowest BCUT2D eigenvalue weighted by Crippen LogP contribution is -2.21. The molecule has 0 aliphatic heterocycles. The second-order valence-corrected chi connectivity index (χ2v) is 10.6. The van der Waals surface area contributed by atoms with Crippen LogP contribution in [0.5, 0.6) is 17.2 Å². The number of methoxy groups -OCH3 is 2. The number of para-hydroxylation sites is 2. The van der Waals surface area contributed by atoms with Crippen LogP contribution in [0.3, 0.4) is 0 Å². The number of fused-ring (bicyclic) bond motifs is 1. The number of carboxylic acids is 1. The van der Waals surface area contributed by atoms with E-state index in [2.05, 4.69) is 18.9 Å². The molecule has 1 aromatic heterocycles. The van der Waals surface area contributed by atoms with Crippen molar-refractivity contribution in [3.8, 4) is 28.6 Å². The van der Waals surface area contributed by atoms with Crippen molar-refractivity contribution >= 4 is 23.1 Å². The van der Waals surface area contributed by atoms with E-state index in [1.807, 2.05) is 31.2 Å². The van der Waals surface area contributed by atoms with Gasteiger partial charge in [0.05, 0.1) is 36.9 Å². The highest BCUT2D eigenvalue weighted by molar-refractivity contribution is 5.88. The molecule has 5 aromatic rings. The fourth-order valence-electron chi connectivity index (χ4n) is 4.99. The van der Waals surface area contributed by atoms with Crippen molar-refractivity contribution in [2.75, 3.05) is 14.2 Å². The summed E-state index contributed by atoms with van der Waals surface area (Å²) in [4.78, 5) is 30.2. The fourth-order valence-corrected chi connectivity index (χ4v) is 4.99. The molecule has 0 aliphatic rings. The Hall–Kier alpha value is -5.44. The van der Waals surface area contributed by atoms with Gasteiger partial charge in [-0.25, -0.2) is 9.78 Å². The molecule has 4 aromatic carbocycles. The first-order chi connectivity index (χ1) is 21.2. The lowest BCUT2D eigenvalue weighted by atomic mass is 9.96. The third-order valence-corrected chi connectivity index (χ3v) is 7.29. The largest absolute Gasteiger partial charge is 0.496 e. The molecule has 44 heavy (non-hydrogen) atoms. The van der Waals surface area contributed by atoms with Crippen LogP contribution in [0.2, 0.25) is 0 Å². The monoisotopic (exact) mass is 591 g/mol. The molecule has 0 bridgehead atoms. The maximum Gasteiger partial charge on any atom is 0.335 e. The predicted molar refractivity (Wildman–Crippen MR) is 171 cm³/mol. The van der Waals surface area contributed by atoms with Crippen molar-refractivity contribution in [3.05, 3.63) is 117 Å². The number of benzene rings is 4. The van der Waals surface area contributed by atoms with Gasteiger partial charge in [0, 0.05) is 11.1 Å². The Labute approximate surface area is 255 Å². The summed E-state index contributed by atoms with van der Waals surface area (Å²) in [5.74, 6) is 1.16. The average molecular weight is 592 g/mol. The minimum atomic E-state index is -1.02. The fraction of sp³-hybridized carbons (Fsp3) is 0.200. The first kappa shape index (κ1) is 30.0. The van der Waals surface area contributed by atoms with Crippen LogP contribution in [0.15, 0.2) is 88.8 Å². The molecule has 0 saturated heterocycles. The molecule has 0 amide bonds. The van der Waals surface area contributed by atoms with Gasteiger partial charge in [0.15, 0.2) is 17.3 Å². The molecular formula is C35H33N3O6. The minimum Gasteiger partial charge on any atom is -0.496 e. The molecule has 224 valence electrons. The second-order valence-electron chi connectivity index (χ2n) is 10.6. The predicted octanol–water partition coefficient (Wildman–Crippen LogP) is 6.67. The Balaban J connectivity index is 1.63. The molecule has 0 saturated carbocycles. The van der Waals surface area contributed by atoms with E-state index in [9.17, 15) is 14.7 Å². The standard InChI is InChI=1S/C35H33N3O6/c1-21(2)27-18-28(22(3)16-31(27)43-5)33-37-29-14-7-6-13-26(29)34(39)38(33)36-19-25-12-9-15-30(42-4)32(25)44-20-23-10-8-11-24(17-23)35(40)41/h6-19,21H,20H2,1-5H3,(H,40,41). The van der Waals surface area contributed by atoms with Crippen LogP contribution >= 0.6 is 0 Å². The van der Waals surface area contributed by atoms with E-state index >= 15 is 0 Å². The van der Waals surface area contributed by atoms with Crippen LogP contribution in [-0.2, 0) is 6.61 Å². The lowest BCUT2D eigenvalue weighted by Gasteiger charge is -2.17. The van der Waals surface area contributed by atoms with E-state index in [1.165, 1.54) is 24.1 Å². The lowest BCUT2D eigenvalue weighted by molar-refractivity contribution is 0.0696. The Bertz CT molecular complexity index is 1940. The molecular weight excluding hydrogens is 558 g/mol. The van der Waals surface area contributed by atoms with Crippen molar-refractivity contribution < 1.29 is 24.1 Å². The number of rotatable bonds is 10. The van der Waals surface area contributed by atoms with Crippen molar-refractivity contribution in [1.29, 1.82) is 0 Å². The molecule has 0 aliphatic carbocycles. The Morgan fingerprint density at radius 1 is 0.977 bits per heavy atom. The number of aromatic nitrogens is 2. The maximum atomic E-state index is 13.9. The van der Waals surface area contributed by atoms with Crippen LogP contribution in [0.4, 0.5) is 0 Å². The number of carbonyl (C=O) groups is 1. The molecule has 1 heterocycles. The molecule has 0 radical (unpaired) electrons. The van der Waals surface area contributed by atoms with Gasteiger partial charge in [0.1, 0.15) is 12.4 Å². The normalized spacial score (nSPS) is 11.3. The molecule has 1 N–H and O–H groups in total. The number of ether oxygens (including phenoxy) is 3. The van der Waals surface area contributed by atoms with Crippen LogP contribution in [0, 0.1) is 6.92 Å². The van der Waals surface area contributed by atoms with Crippen LogP contribution < -0.4 is 19.8 Å². The molecule has 9 heteroatoms. The average Bonchev–Trinajstić information content (AvgIpc) is 3.03. The molecule has 0 unspecified atom stereocenters. The second kappa shape index (κ2) is 12.8.